The minimum absolute atomic E-state index is 0.132. The fourth-order valence-electron chi connectivity index (χ4n) is 4.31. The molecule has 0 bridgehead atoms. The van der Waals surface area contributed by atoms with E-state index >= 15 is 0 Å². The van der Waals surface area contributed by atoms with Gasteiger partial charge in [-0.25, -0.2) is 0 Å². The zero-order valence-electron chi connectivity index (χ0n) is 23.9. The number of hydrogen-bond acceptors (Lipinski definition) is 4. The summed E-state index contributed by atoms with van der Waals surface area (Å²) in [5.41, 5.74) is 2.65. The number of carbonyl (C=O) groups excluding carboxylic acids is 1. The average molecular weight is 507 g/mol. The van der Waals surface area contributed by atoms with Crippen molar-refractivity contribution >= 4 is 17.7 Å². The van der Waals surface area contributed by atoms with Gasteiger partial charge in [-0.2, -0.15) is 11.8 Å². The highest BCUT2D eigenvalue weighted by molar-refractivity contribution is 7.99. The minimum Gasteiger partial charge on any atom is -0.507 e. The van der Waals surface area contributed by atoms with E-state index in [0.717, 1.165) is 28.2 Å². The van der Waals surface area contributed by atoms with Crippen molar-refractivity contribution < 1.29 is 14.6 Å². The maximum Gasteiger partial charge on any atom is 0.306 e. The Balaban J connectivity index is 2.24. The Morgan fingerprint density at radius 2 is 1.29 bits per heavy atom. The van der Waals surface area contributed by atoms with E-state index in [0.29, 0.717) is 25.2 Å². The molecule has 0 saturated heterocycles. The van der Waals surface area contributed by atoms with Crippen LogP contribution in [0.25, 0.3) is 0 Å². The molecule has 0 spiro atoms. The first-order chi connectivity index (χ1) is 16.5. The molecule has 0 unspecified atom stereocenters. The van der Waals surface area contributed by atoms with E-state index in [2.05, 4.69) is 60.6 Å². The van der Waals surface area contributed by atoms with E-state index in [1.54, 1.807) is 0 Å². The number of benzene rings is 1. The highest BCUT2D eigenvalue weighted by Crippen LogP contribution is 2.40. The Kier molecular flexibility index (Phi) is 15.1. The fourth-order valence-corrected chi connectivity index (χ4v) is 5.12. The van der Waals surface area contributed by atoms with Crippen molar-refractivity contribution in [1.82, 2.24) is 0 Å². The molecule has 1 aromatic carbocycles. The summed E-state index contributed by atoms with van der Waals surface area (Å²) < 4.78 is 5.47. The van der Waals surface area contributed by atoms with E-state index in [1.807, 2.05) is 11.8 Å². The third-order valence-electron chi connectivity index (χ3n) is 6.54. The molecule has 4 heteroatoms. The van der Waals surface area contributed by atoms with Gasteiger partial charge in [0.15, 0.2) is 0 Å². The number of unbranched alkanes of at least 4 members (excludes halogenated alkanes) is 9. The molecule has 1 aromatic rings. The molecular formula is C31H54O3S. The molecule has 0 aromatic heterocycles. The number of aryl methyl sites for hydroxylation is 1. The number of ether oxygens (including phenoxy) is 1. The third-order valence-corrected chi connectivity index (χ3v) is 7.57. The summed E-state index contributed by atoms with van der Waals surface area (Å²) in [4.78, 5) is 12.3. The Hall–Kier alpha value is -1.16. The molecule has 0 aliphatic carbocycles. The standard InChI is InChI=1S/C31H54O3S/c1-8-9-10-11-12-13-14-15-16-17-21-35-22-20-34-28(32)19-18-25-23-26(30(2,3)4)29(33)27(24-25)31(5,6)7/h23-24,33H,8-22H2,1-7H3. The predicted molar refractivity (Wildman–Crippen MR) is 154 cm³/mol. The number of aromatic hydroxyl groups is 1. The first-order valence-electron chi connectivity index (χ1n) is 14.1. The zero-order valence-corrected chi connectivity index (χ0v) is 24.7. The first kappa shape index (κ1) is 31.9. The van der Waals surface area contributed by atoms with Crippen LogP contribution in [0.15, 0.2) is 12.1 Å². The summed E-state index contributed by atoms with van der Waals surface area (Å²) in [5.74, 6) is 2.29. The van der Waals surface area contributed by atoms with E-state index in [4.69, 9.17) is 4.74 Å². The van der Waals surface area contributed by atoms with Gasteiger partial charge in [0.1, 0.15) is 12.4 Å². The summed E-state index contributed by atoms with van der Waals surface area (Å²) in [5, 5.41) is 10.9. The zero-order chi connectivity index (χ0) is 26.3. The molecule has 0 saturated carbocycles. The lowest BCUT2D eigenvalue weighted by molar-refractivity contribution is -0.142. The molecule has 0 radical (unpaired) electrons. The summed E-state index contributed by atoms with van der Waals surface area (Å²) in [6.07, 6.45) is 14.7. The molecule has 202 valence electrons. The van der Waals surface area contributed by atoms with Crippen LogP contribution < -0.4 is 0 Å². The number of esters is 1. The van der Waals surface area contributed by atoms with Crippen molar-refractivity contribution in [3.8, 4) is 5.75 Å². The second kappa shape index (κ2) is 16.6. The lowest BCUT2D eigenvalue weighted by Gasteiger charge is -2.28. The molecule has 0 fully saturated rings. The van der Waals surface area contributed by atoms with Crippen molar-refractivity contribution in [2.75, 3.05) is 18.1 Å². The van der Waals surface area contributed by atoms with Gasteiger partial charge >= 0.3 is 5.97 Å². The second-order valence-electron chi connectivity index (χ2n) is 12.1. The van der Waals surface area contributed by atoms with Crippen molar-refractivity contribution in [1.29, 1.82) is 0 Å². The van der Waals surface area contributed by atoms with Crippen molar-refractivity contribution in [2.45, 2.75) is 136 Å². The quantitative estimate of drug-likeness (QED) is 0.169. The van der Waals surface area contributed by atoms with Crippen LogP contribution in [-0.4, -0.2) is 29.2 Å². The van der Waals surface area contributed by atoms with Crippen LogP contribution in [0.2, 0.25) is 0 Å². The van der Waals surface area contributed by atoms with Crippen molar-refractivity contribution in [2.24, 2.45) is 0 Å². The molecule has 35 heavy (non-hydrogen) atoms. The van der Waals surface area contributed by atoms with E-state index < -0.39 is 0 Å². The Bertz CT molecular complexity index is 693. The van der Waals surface area contributed by atoms with Crippen LogP contribution in [0.5, 0.6) is 5.75 Å². The van der Waals surface area contributed by atoms with Crippen LogP contribution in [0.4, 0.5) is 0 Å². The van der Waals surface area contributed by atoms with Gasteiger partial charge in [0, 0.05) is 12.2 Å². The molecule has 0 aliphatic heterocycles. The fraction of sp³-hybridized carbons (Fsp3) is 0.774. The molecule has 0 heterocycles. The van der Waals surface area contributed by atoms with E-state index in [9.17, 15) is 9.90 Å². The molecule has 1 N–H and O–H groups in total. The number of phenolic OH excluding ortho intramolecular Hbond substituents is 1. The lowest BCUT2D eigenvalue weighted by Crippen LogP contribution is -2.18. The molecule has 0 aliphatic rings. The topological polar surface area (TPSA) is 46.5 Å². The summed E-state index contributed by atoms with van der Waals surface area (Å²) in [7, 11) is 0. The second-order valence-corrected chi connectivity index (χ2v) is 13.3. The number of carbonyl (C=O) groups is 1. The van der Waals surface area contributed by atoms with Crippen LogP contribution in [0, 0.1) is 0 Å². The van der Waals surface area contributed by atoms with Crippen LogP contribution in [0.1, 0.15) is 136 Å². The summed E-state index contributed by atoms with van der Waals surface area (Å²) in [6.45, 7) is 15.4. The molecule has 3 nitrogen and oxygen atoms in total. The van der Waals surface area contributed by atoms with Crippen molar-refractivity contribution in [3.05, 3.63) is 28.8 Å². The van der Waals surface area contributed by atoms with Gasteiger partial charge in [-0.3, -0.25) is 4.79 Å². The Morgan fingerprint density at radius 1 is 0.800 bits per heavy atom. The SMILES string of the molecule is CCCCCCCCCCCCSCCOC(=O)CCc1cc(C(C)(C)C)c(O)c(C(C)(C)C)c1. The van der Waals surface area contributed by atoms with Gasteiger partial charge in [-0.05, 0) is 46.1 Å². The van der Waals surface area contributed by atoms with E-state index in [-0.39, 0.29) is 16.8 Å². The van der Waals surface area contributed by atoms with Crippen LogP contribution >= 0.6 is 11.8 Å². The first-order valence-corrected chi connectivity index (χ1v) is 15.2. The molecule has 0 atom stereocenters. The maximum atomic E-state index is 12.3. The highest BCUT2D eigenvalue weighted by atomic mass is 32.2. The maximum absolute atomic E-state index is 12.3. The van der Waals surface area contributed by atoms with Crippen LogP contribution in [-0.2, 0) is 26.8 Å². The van der Waals surface area contributed by atoms with Gasteiger partial charge in [-0.1, -0.05) is 118 Å². The summed E-state index contributed by atoms with van der Waals surface area (Å²) >= 11 is 1.89. The smallest absolute Gasteiger partial charge is 0.306 e. The number of rotatable bonds is 17. The molecule has 1 rings (SSSR count). The number of phenols is 1. The Morgan fingerprint density at radius 3 is 1.77 bits per heavy atom. The third kappa shape index (κ3) is 13.6. The van der Waals surface area contributed by atoms with Crippen molar-refractivity contribution in [3.63, 3.8) is 0 Å². The number of thioether (sulfide) groups is 1. The largest absolute Gasteiger partial charge is 0.507 e. The summed E-state index contributed by atoms with van der Waals surface area (Å²) in [6, 6.07) is 4.11. The van der Waals surface area contributed by atoms with Crippen LogP contribution in [0.3, 0.4) is 0 Å². The molecular weight excluding hydrogens is 452 g/mol. The normalized spacial score (nSPS) is 12.2. The lowest BCUT2D eigenvalue weighted by atomic mass is 9.78. The van der Waals surface area contributed by atoms with Gasteiger partial charge in [0.2, 0.25) is 0 Å². The van der Waals surface area contributed by atoms with E-state index in [1.165, 1.54) is 64.2 Å². The van der Waals surface area contributed by atoms with Gasteiger partial charge in [0.25, 0.3) is 0 Å². The predicted octanol–water partition coefficient (Wildman–Crippen LogP) is 9.12. The number of hydrogen-bond donors (Lipinski definition) is 1. The molecule has 0 amide bonds. The van der Waals surface area contributed by atoms with Gasteiger partial charge < -0.3 is 9.84 Å². The van der Waals surface area contributed by atoms with Gasteiger partial charge in [0.05, 0.1) is 0 Å². The minimum atomic E-state index is -0.161. The monoisotopic (exact) mass is 506 g/mol. The average Bonchev–Trinajstić information content (AvgIpc) is 2.77. The Labute approximate surface area is 221 Å². The highest BCUT2D eigenvalue weighted by Gasteiger charge is 2.26. The van der Waals surface area contributed by atoms with Gasteiger partial charge in [-0.15, -0.1) is 0 Å².